The van der Waals surface area contributed by atoms with Gasteiger partial charge in [0.1, 0.15) is 0 Å². The third kappa shape index (κ3) is 4.43. The van der Waals surface area contributed by atoms with Crippen LogP contribution in [0, 0.1) is 27.7 Å². The minimum atomic E-state index is -0.00792. The van der Waals surface area contributed by atoms with Crippen LogP contribution in [0.4, 0.5) is 10.5 Å². The number of carbonyl (C=O) groups excluding carboxylic acids is 1. The number of carbonyl (C=O) groups is 1. The SMILES string of the molecule is Cc1cc(C)n(CCN2CCN(C(=O)Nc3ccc(C)c(C)c3)CC2)n1. The van der Waals surface area contributed by atoms with Crippen molar-refractivity contribution in [1.29, 1.82) is 0 Å². The van der Waals surface area contributed by atoms with Gasteiger partial charge in [0, 0.05) is 44.1 Å². The van der Waals surface area contributed by atoms with Gasteiger partial charge in [0.15, 0.2) is 0 Å². The minimum Gasteiger partial charge on any atom is -0.322 e. The second-order valence-electron chi connectivity index (χ2n) is 7.21. The fourth-order valence-corrected chi connectivity index (χ4v) is 3.33. The molecule has 1 aromatic heterocycles. The number of urea groups is 1. The molecule has 6 nitrogen and oxygen atoms in total. The van der Waals surface area contributed by atoms with E-state index in [0.29, 0.717) is 0 Å². The fraction of sp³-hybridized carbons (Fsp3) is 0.500. The maximum Gasteiger partial charge on any atom is 0.321 e. The Balaban J connectivity index is 1.46. The van der Waals surface area contributed by atoms with Crippen LogP contribution in [0.1, 0.15) is 22.5 Å². The summed E-state index contributed by atoms with van der Waals surface area (Å²) in [5, 5.41) is 7.53. The highest BCUT2D eigenvalue weighted by molar-refractivity contribution is 5.89. The third-order valence-electron chi connectivity index (χ3n) is 5.15. The van der Waals surface area contributed by atoms with Crippen LogP contribution in [-0.2, 0) is 6.54 Å². The first-order valence-corrected chi connectivity index (χ1v) is 9.29. The highest BCUT2D eigenvalue weighted by Gasteiger charge is 2.21. The first-order valence-electron chi connectivity index (χ1n) is 9.29. The van der Waals surface area contributed by atoms with Crippen LogP contribution < -0.4 is 5.32 Å². The van der Waals surface area contributed by atoms with Crippen LogP contribution in [0.5, 0.6) is 0 Å². The van der Waals surface area contributed by atoms with E-state index in [9.17, 15) is 4.79 Å². The Hall–Kier alpha value is -2.34. The van der Waals surface area contributed by atoms with Crippen LogP contribution in [0.2, 0.25) is 0 Å². The number of anilines is 1. The van der Waals surface area contributed by atoms with Crippen LogP contribution in [0.3, 0.4) is 0 Å². The first kappa shape index (κ1) is 18.5. The second kappa shape index (κ2) is 7.91. The lowest BCUT2D eigenvalue weighted by atomic mass is 10.1. The molecule has 1 fully saturated rings. The van der Waals surface area contributed by atoms with Gasteiger partial charge in [-0.05, 0) is 57.0 Å². The second-order valence-corrected chi connectivity index (χ2v) is 7.21. The molecule has 2 amide bonds. The number of piperazine rings is 1. The average molecular weight is 355 g/mol. The van der Waals surface area contributed by atoms with Crippen molar-refractivity contribution in [3.8, 4) is 0 Å². The lowest BCUT2D eigenvalue weighted by Crippen LogP contribution is -2.50. The molecule has 1 aromatic carbocycles. The van der Waals surface area contributed by atoms with Gasteiger partial charge in [-0.2, -0.15) is 5.10 Å². The van der Waals surface area contributed by atoms with Crippen molar-refractivity contribution < 1.29 is 4.79 Å². The predicted octanol–water partition coefficient (Wildman–Crippen LogP) is 2.97. The van der Waals surface area contributed by atoms with E-state index in [-0.39, 0.29) is 6.03 Å². The predicted molar refractivity (Wildman–Crippen MR) is 105 cm³/mol. The Kier molecular flexibility index (Phi) is 5.61. The normalized spacial score (nSPS) is 15.3. The number of aryl methyl sites for hydroxylation is 4. The highest BCUT2D eigenvalue weighted by atomic mass is 16.2. The van der Waals surface area contributed by atoms with Gasteiger partial charge in [-0.3, -0.25) is 9.58 Å². The summed E-state index contributed by atoms with van der Waals surface area (Å²) in [6.45, 7) is 13.4. The molecule has 140 valence electrons. The lowest BCUT2D eigenvalue weighted by molar-refractivity contribution is 0.143. The van der Waals surface area contributed by atoms with Gasteiger partial charge >= 0.3 is 6.03 Å². The molecule has 2 aromatic rings. The molecule has 0 aliphatic carbocycles. The summed E-state index contributed by atoms with van der Waals surface area (Å²) in [5.41, 5.74) is 5.56. The highest BCUT2D eigenvalue weighted by Crippen LogP contribution is 2.15. The largest absolute Gasteiger partial charge is 0.322 e. The molecule has 2 heterocycles. The summed E-state index contributed by atoms with van der Waals surface area (Å²) in [4.78, 5) is 16.8. The van der Waals surface area contributed by atoms with Gasteiger partial charge < -0.3 is 10.2 Å². The number of aromatic nitrogens is 2. The minimum absolute atomic E-state index is 0.00792. The van der Waals surface area contributed by atoms with Crippen LogP contribution in [0.25, 0.3) is 0 Å². The molecule has 0 saturated carbocycles. The zero-order valence-corrected chi connectivity index (χ0v) is 16.2. The summed E-state index contributed by atoms with van der Waals surface area (Å²) in [5.74, 6) is 0. The lowest BCUT2D eigenvalue weighted by Gasteiger charge is -2.34. The van der Waals surface area contributed by atoms with Crippen LogP contribution in [-0.4, -0.2) is 58.3 Å². The van der Waals surface area contributed by atoms with Gasteiger partial charge in [-0.1, -0.05) is 6.07 Å². The van der Waals surface area contributed by atoms with Gasteiger partial charge in [0.05, 0.1) is 12.2 Å². The molecule has 0 radical (unpaired) electrons. The van der Waals surface area contributed by atoms with Crippen molar-refractivity contribution in [3.63, 3.8) is 0 Å². The van der Waals surface area contributed by atoms with Crippen molar-refractivity contribution in [3.05, 3.63) is 46.8 Å². The summed E-state index contributed by atoms with van der Waals surface area (Å²) < 4.78 is 2.06. The van der Waals surface area contributed by atoms with E-state index in [4.69, 9.17) is 0 Å². The fourth-order valence-electron chi connectivity index (χ4n) is 3.33. The monoisotopic (exact) mass is 355 g/mol. The molecule has 0 spiro atoms. The van der Waals surface area contributed by atoms with E-state index < -0.39 is 0 Å². The van der Waals surface area contributed by atoms with E-state index in [1.807, 2.05) is 30.0 Å². The molecular weight excluding hydrogens is 326 g/mol. The zero-order chi connectivity index (χ0) is 18.7. The number of nitrogens with one attached hydrogen (secondary N) is 1. The molecule has 6 heteroatoms. The van der Waals surface area contributed by atoms with Crippen molar-refractivity contribution in [1.82, 2.24) is 19.6 Å². The molecule has 26 heavy (non-hydrogen) atoms. The number of nitrogens with zero attached hydrogens (tertiary/aromatic N) is 4. The number of amides is 2. The van der Waals surface area contributed by atoms with Crippen molar-refractivity contribution in [2.45, 2.75) is 34.2 Å². The van der Waals surface area contributed by atoms with Crippen molar-refractivity contribution in [2.24, 2.45) is 0 Å². The quantitative estimate of drug-likeness (QED) is 0.917. The van der Waals surface area contributed by atoms with Gasteiger partial charge in [-0.25, -0.2) is 4.79 Å². The third-order valence-corrected chi connectivity index (χ3v) is 5.15. The number of hydrogen-bond acceptors (Lipinski definition) is 3. The molecule has 1 N–H and O–H groups in total. The van der Waals surface area contributed by atoms with E-state index in [0.717, 1.165) is 50.6 Å². The summed E-state index contributed by atoms with van der Waals surface area (Å²) in [7, 11) is 0. The van der Waals surface area contributed by atoms with Crippen LogP contribution in [0.15, 0.2) is 24.3 Å². The molecule has 1 saturated heterocycles. The first-order chi connectivity index (χ1) is 12.4. The van der Waals surface area contributed by atoms with Crippen LogP contribution >= 0.6 is 0 Å². The van der Waals surface area contributed by atoms with Gasteiger partial charge in [0.2, 0.25) is 0 Å². The maximum absolute atomic E-state index is 12.5. The smallest absolute Gasteiger partial charge is 0.321 e. The summed E-state index contributed by atoms with van der Waals surface area (Å²) in [6.07, 6.45) is 0. The number of hydrogen-bond donors (Lipinski definition) is 1. The summed E-state index contributed by atoms with van der Waals surface area (Å²) in [6, 6.07) is 8.13. The Bertz CT molecular complexity index is 775. The Morgan fingerprint density at radius 3 is 2.35 bits per heavy atom. The Labute approximate surface area is 155 Å². The maximum atomic E-state index is 12.5. The van der Waals surface area contributed by atoms with Crippen molar-refractivity contribution in [2.75, 3.05) is 38.0 Å². The molecule has 3 rings (SSSR count). The van der Waals surface area contributed by atoms with Gasteiger partial charge in [-0.15, -0.1) is 0 Å². The molecule has 0 unspecified atom stereocenters. The topological polar surface area (TPSA) is 53.4 Å². The average Bonchev–Trinajstić information content (AvgIpc) is 2.94. The zero-order valence-electron chi connectivity index (χ0n) is 16.2. The molecule has 0 bridgehead atoms. The Morgan fingerprint density at radius 1 is 1.00 bits per heavy atom. The molecule has 1 aliphatic heterocycles. The molecule has 1 aliphatic rings. The van der Waals surface area contributed by atoms with E-state index >= 15 is 0 Å². The molecule has 0 atom stereocenters. The number of rotatable bonds is 4. The Morgan fingerprint density at radius 2 is 1.73 bits per heavy atom. The van der Waals surface area contributed by atoms with E-state index in [1.165, 1.54) is 16.8 Å². The molecular formula is C20H29N5O. The van der Waals surface area contributed by atoms with E-state index in [2.05, 4.69) is 46.8 Å². The van der Waals surface area contributed by atoms with Crippen molar-refractivity contribution >= 4 is 11.7 Å². The van der Waals surface area contributed by atoms with Gasteiger partial charge in [0.25, 0.3) is 0 Å². The summed E-state index contributed by atoms with van der Waals surface area (Å²) >= 11 is 0. The number of benzene rings is 1. The standard InChI is InChI=1S/C20H29N5O/c1-15-5-6-19(13-16(15)2)21-20(26)24-10-7-23(8-11-24)9-12-25-18(4)14-17(3)22-25/h5-6,13-14H,7-12H2,1-4H3,(H,21,26). The van der Waals surface area contributed by atoms with E-state index in [1.54, 1.807) is 0 Å².